The Morgan fingerprint density at radius 2 is 1.80 bits per heavy atom. The van der Waals surface area contributed by atoms with Crippen LogP contribution in [0.2, 0.25) is 0 Å². The van der Waals surface area contributed by atoms with Crippen molar-refractivity contribution < 1.29 is 23.5 Å². The fraction of sp³-hybridized carbons (Fsp3) is 0.143. The van der Waals surface area contributed by atoms with Crippen LogP contribution in [-0.4, -0.2) is 19.0 Å². The van der Waals surface area contributed by atoms with E-state index in [1.807, 2.05) is 0 Å². The number of halogens is 1. The average Bonchev–Trinajstić information content (AvgIpc) is 2.91. The molecule has 0 bridgehead atoms. The second-order valence-corrected chi connectivity index (χ2v) is 4.65. The summed E-state index contributed by atoms with van der Waals surface area (Å²) in [5.41, 5.74) is 1.20. The number of furan rings is 1. The first-order valence-corrected chi connectivity index (χ1v) is 6.49. The van der Waals surface area contributed by atoms with Crippen molar-refractivity contribution in [2.24, 2.45) is 0 Å². The molecule has 1 aromatic carbocycles. The quantitative estimate of drug-likeness (QED) is 0.801. The molecule has 0 aliphatic heterocycles. The van der Waals surface area contributed by atoms with Crippen molar-refractivity contribution in [1.29, 1.82) is 0 Å². The Kier molecular flexibility index (Phi) is 4.57. The van der Waals surface area contributed by atoms with Crippen LogP contribution in [0.4, 0.5) is 0 Å². The molecule has 0 radical (unpaired) electrons. The summed E-state index contributed by atoms with van der Waals surface area (Å²) in [5.74, 6) is -0.829. The highest BCUT2D eigenvalue weighted by Crippen LogP contribution is 2.15. The number of hydrogen-bond donors (Lipinski definition) is 0. The van der Waals surface area contributed by atoms with E-state index in [9.17, 15) is 9.59 Å². The van der Waals surface area contributed by atoms with Crippen molar-refractivity contribution in [1.82, 2.24) is 0 Å². The molecule has 104 valence electrons. The third kappa shape index (κ3) is 3.48. The summed E-state index contributed by atoms with van der Waals surface area (Å²) in [7, 11) is 1.32. The summed E-state index contributed by atoms with van der Waals surface area (Å²) in [5, 5.41) is 0. The molecule has 2 aromatic rings. The topological polar surface area (TPSA) is 65.7 Å². The van der Waals surface area contributed by atoms with Crippen molar-refractivity contribution in [3.8, 4) is 0 Å². The lowest BCUT2D eigenvalue weighted by molar-refractivity contribution is 0.0433. The molecule has 1 heterocycles. The number of methoxy groups -OCH3 is 1. The molecule has 0 amide bonds. The van der Waals surface area contributed by atoms with Gasteiger partial charge in [0.05, 0.1) is 12.7 Å². The van der Waals surface area contributed by atoms with Gasteiger partial charge in [-0.25, -0.2) is 9.59 Å². The maximum atomic E-state index is 11.6. The molecule has 0 atom stereocenters. The second-order valence-electron chi connectivity index (χ2n) is 3.87. The highest BCUT2D eigenvalue weighted by atomic mass is 79.9. The molecule has 0 fully saturated rings. The number of esters is 2. The monoisotopic (exact) mass is 338 g/mol. The molecule has 0 aliphatic carbocycles. The zero-order valence-corrected chi connectivity index (χ0v) is 12.2. The molecular formula is C14H11BrO5. The van der Waals surface area contributed by atoms with Crippen LogP contribution in [0.1, 0.15) is 26.5 Å². The molecule has 5 nitrogen and oxygen atoms in total. The van der Waals surface area contributed by atoms with Crippen LogP contribution >= 0.6 is 15.9 Å². The number of carbonyl (C=O) groups is 2. The molecule has 1 aromatic heterocycles. The third-order valence-corrected chi connectivity index (χ3v) is 2.95. The van der Waals surface area contributed by atoms with Crippen LogP contribution in [0.25, 0.3) is 0 Å². The summed E-state index contributed by atoms with van der Waals surface area (Å²) < 4.78 is 15.2. The molecule has 0 spiro atoms. The van der Waals surface area contributed by atoms with Crippen LogP contribution in [-0.2, 0) is 16.1 Å². The van der Waals surface area contributed by atoms with E-state index < -0.39 is 11.9 Å². The molecule has 2 rings (SSSR count). The Hall–Kier alpha value is -2.08. The lowest BCUT2D eigenvalue weighted by Gasteiger charge is -2.04. The summed E-state index contributed by atoms with van der Waals surface area (Å²) in [6.07, 6.45) is 0. The Labute approximate surface area is 123 Å². The van der Waals surface area contributed by atoms with E-state index in [4.69, 9.17) is 9.15 Å². The van der Waals surface area contributed by atoms with Gasteiger partial charge in [0, 0.05) is 0 Å². The first-order chi connectivity index (χ1) is 9.60. The van der Waals surface area contributed by atoms with E-state index in [-0.39, 0.29) is 12.4 Å². The van der Waals surface area contributed by atoms with Crippen LogP contribution in [0.3, 0.4) is 0 Å². The van der Waals surface area contributed by atoms with Gasteiger partial charge in [-0.15, -0.1) is 0 Å². The van der Waals surface area contributed by atoms with E-state index in [0.29, 0.717) is 10.2 Å². The van der Waals surface area contributed by atoms with E-state index in [0.717, 1.165) is 5.56 Å². The molecule has 0 N–H and O–H groups in total. The number of carbonyl (C=O) groups excluding carboxylic acids is 2. The molecule has 0 saturated carbocycles. The minimum Gasteiger partial charge on any atom is -0.465 e. The third-order valence-electron chi connectivity index (χ3n) is 2.52. The van der Waals surface area contributed by atoms with Crippen molar-refractivity contribution in [3.63, 3.8) is 0 Å². The SMILES string of the molecule is COC(=O)c1ccc(COC(=O)c2ccc(Br)o2)cc1. The van der Waals surface area contributed by atoms with Crippen LogP contribution < -0.4 is 0 Å². The minimum atomic E-state index is -0.548. The van der Waals surface area contributed by atoms with Crippen molar-refractivity contribution >= 4 is 27.9 Å². The van der Waals surface area contributed by atoms with Gasteiger partial charge >= 0.3 is 11.9 Å². The Morgan fingerprint density at radius 3 is 2.35 bits per heavy atom. The summed E-state index contributed by atoms with van der Waals surface area (Å²) in [6.45, 7) is 0.0958. The van der Waals surface area contributed by atoms with Gasteiger partial charge in [-0.1, -0.05) is 12.1 Å². The van der Waals surface area contributed by atoms with Crippen LogP contribution in [0, 0.1) is 0 Å². The van der Waals surface area contributed by atoms with Crippen molar-refractivity contribution in [2.75, 3.05) is 7.11 Å². The standard InChI is InChI=1S/C14H11BrO5/c1-18-13(16)10-4-2-9(3-5-10)8-19-14(17)11-6-7-12(15)20-11/h2-7H,8H2,1H3. The Balaban J connectivity index is 1.94. The van der Waals surface area contributed by atoms with Gasteiger partial charge in [-0.2, -0.15) is 0 Å². The van der Waals surface area contributed by atoms with Crippen molar-refractivity contribution in [2.45, 2.75) is 6.61 Å². The summed E-state index contributed by atoms with van der Waals surface area (Å²) in [6, 6.07) is 9.74. The predicted molar refractivity (Wildman–Crippen MR) is 73.3 cm³/mol. The highest BCUT2D eigenvalue weighted by Gasteiger charge is 2.12. The molecule has 20 heavy (non-hydrogen) atoms. The fourth-order valence-corrected chi connectivity index (χ4v) is 1.81. The van der Waals surface area contributed by atoms with Gasteiger partial charge in [-0.05, 0) is 45.8 Å². The molecule has 0 unspecified atom stereocenters. The lowest BCUT2D eigenvalue weighted by atomic mass is 10.1. The maximum absolute atomic E-state index is 11.6. The minimum absolute atomic E-state index is 0.0958. The zero-order valence-electron chi connectivity index (χ0n) is 10.6. The lowest BCUT2D eigenvalue weighted by Crippen LogP contribution is -2.05. The van der Waals surface area contributed by atoms with Gasteiger partial charge in [0.15, 0.2) is 4.67 Å². The number of benzene rings is 1. The zero-order chi connectivity index (χ0) is 14.5. The summed E-state index contributed by atoms with van der Waals surface area (Å²) >= 11 is 3.11. The average molecular weight is 339 g/mol. The smallest absolute Gasteiger partial charge is 0.374 e. The molecule has 0 aliphatic rings. The number of ether oxygens (including phenoxy) is 2. The van der Waals surface area contributed by atoms with Gasteiger partial charge in [0.2, 0.25) is 5.76 Å². The van der Waals surface area contributed by atoms with E-state index in [1.54, 1.807) is 30.3 Å². The van der Waals surface area contributed by atoms with Crippen LogP contribution in [0.15, 0.2) is 45.5 Å². The van der Waals surface area contributed by atoms with E-state index >= 15 is 0 Å². The normalized spacial score (nSPS) is 10.1. The number of hydrogen-bond acceptors (Lipinski definition) is 5. The Morgan fingerprint density at radius 1 is 1.10 bits per heavy atom. The molecular weight excluding hydrogens is 328 g/mol. The molecule has 6 heteroatoms. The Bertz CT molecular complexity index is 615. The van der Waals surface area contributed by atoms with Crippen molar-refractivity contribution in [3.05, 3.63) is 58.0 Å². The number of rotatable bonds is 4. The maximum Gasteiger partial charge on any atom is 0.374 e. The largest absolute Gasteiger partial charge is 0.465 e. The highest BCUT2D eigenvalue weighted by molar-refractivity contribution is 9.10. The summed E-state index contributed by atoms with van der Waals surface area (Å²) in [4.78, 5) is 22.9. The van der Waals surface area contributed by atoms with Crippen LogP contribution in [0.5, 0.6) is 0 Å². The first kappa shape index (κ1) is 14.3. The molecule has 0 saturated heterocycles. The van der Waals surface area contributed by atoms with Gasteiger partial charge in [0.1, 0.15) is 6.61 Å². The fourth-order valence-electron chi connectivity index (χ4n) is 1.50. The van der Waals surface area contributed by atoms with E-state index in [1.165, 1.54) is 13.2 Å². The van der Waals surface area contributed by atoms with Gasteiger partial charge < -0.3 is 13.9 Å². The second kappa shape index (κ2) is 6.38. The predicted octanol–water partition coefficient (Wildman–Crippen LogP) is 3.19. The van der Waals surface area contributed by atoms with Gasteiger partial charge in [-0.3, -0.25) is 0 Å². The van der Waals surface area contributed by atoms with Gasteiger partial charge in [0.25, 0.3) is 0 Å². The first-order valence-electron chi connectivity index (χ1n) is 5.70. The van der Waals surface area contributed by atoms with E-state index in [2.05, 4.69) is 20.7 Å².